The molecule has 2 N–H and O–H groups in total. The number of benzene rings is 1. The Morgan fingerprint density at radius 3 is 2.87 bits per heavy atom. The molecule has 0 saturated heterocycles. The fourth-order valence-electron chi connectivity index (χ4n) is 1.50. The van der Waals surface area contributed by atoms with Gasteiger partial charge in [0.15, 0.2) is 5.96 Å². The lowest BCUT2D eigenvalue weighted by atomic mass is 10.1. The highest BCUT2D eigenvalue weighted by molar-refractivity contribution is 14.0. The molecular weight excluding hydrogens is 301 g/mol. The normalized spacial score (nSPS) is 13.8. The number of guanidine groups is 1. The molecule has 0 radical (unpaired) electrons. The second kappa shape index (κ2) is 5.95. The first-order valence-corrected chi connectivity index (χ1v) is 4.93. The van der Waals surface area contributed by atoms with Gasteiger partial charge < -0.3 is 10.6 Å². The van der Waals surface area contributed by atoms with Crippen molar-refractivity contribution in [3.8, 4) is 0 Å². The molecule has 0 aromatic heterocycles. The Balaban J connectivity index is 0.00000112. The van der Waals surface area contributed by atoms with E-state index < -0.39 is 0 Å². The van der Waals surface area contributed by atoms with E-state index in [0.29, 0.717) is 0 Å². The van der Waals surface area contributed by atoms with E-state index in [2.05, 4.69) is 46.8 Å². The Labute approximate surface area is 107 Å². The van der Waals surface area contributed by atoms with Crippen LogP contribution in [0.2, 0.25) is 0 Å². The first-order chi connectivity index (χ1) is 6.86. The van der Waals surface area contributed by atoms with E-state index in [1.165, 1.54) is 11.1 Å². The monoisotopic (exact) mass is 317 g/mol. The van der Waals surface area contributed by atoms with Gasteiger partial charge in [0, 0.05) is 13.1 Å². The third-order valence-corrected chi connectivity index (χ3v) is 2.38. The van der Waals surface area contributed by atoms with Crippen LogP contribution in [0.1, 0.15) is 11.1 Å². The highest BCUT2D eigenvalue weighted by Gasteiger charge is 2.03. The minimum Gasteiger partial charge on any atom is -0.355 e. The van der Waals surface area contributed by atoms with Crippen molar-refractivity contribution < 1.29 is 0 Å². The Morgan fingerprint density at radius 1 is 1.40 bits per heavy atom. The van der Waals surface area contributed by atoms with Gasteiger partial charge in [0.2, 0.25) is 0 Å². The predicted octanol–water partition coefficient (Wildman–Crippen LogP) is 1.66. The van der Waals surface area contributed by atoms with Crippen molar-refractivity contribution in [3.05, 3.63) is 35.4 Å². The zero-order valence-corrected chi connectivity index (χ0v) is 11.1. The average Bonchev–Trinajstić information content (AvgIpc) is 2.69. The van der Waals surface area contributed by atoms with Crippen molar-refractivity contribution in [2.45, 2.75) is 13.5 Å². The molecule has 1 aromatic carbocycles. The highest BCUT2D eigenvalue weighted by atomic mass is 127. The van der Waals surface area contributed by atoms with Crippen LogP contribution in [0.5, 0.6) is 0 Å². The molecule has 0 spiro atoms. The number of nitrogens with one attached hydrogen (secondary N) is 2. The molecule has 15 heavy (non-hydrogen) atoms. The molecule has 1 heterocycles. The van der Waals surface area contributed by atoms with Crippen LogP contribution in [-0.4, -0.2) is 19.0 Å². The minimum atomic E-state index is 0. The summed E-state index contributed by atoms with van der Waals surface area (Å²) in [5.74, 6) is 0.924. The van der Waals surface area contributed by atoms with Gasteiger partial charge in [-0.1, -0.05) is 24.3 Å². The summed E-state index contributed by atoms with van der Waals surface area (Å²) in [7, 11) is 0. The van der Waals surface area contributed by atoms with Gasteiger partial charge in [-0.15, -0.1) is 24.0 Å². The molecule has 3 nitrogen and oxygen atoms in total. The molecule has 4 heteroatoms. The highest BCUT2D eigenvalue weighted by Crippen LogP contribution is 2.05. The van der Waals surface area contributed by atoms with Crippen LogP contribution in [0.4, 0.5) is 0 Å². The average molecular weight is 317 g/mol. The Hall–Kier alpha value is -0.780. The van der Waals surface area contributed by atoms with Gasteiger partial charge in [0.1, 0.15) is 0 Å². The van der Waals surface area contributed by atoms with E-state index in [1.807, 2.05) is 0 Å². The second-order valence-corrected chi connectivity index (χ2v) is 3.44. The van der Waals surface area contributed by atoms with Crippen LogP contribution < -0.4 is 10.6 Å². The van der Waals surface area contributed by atoms with Crippen molar-refractivity contribution in [1.29, 1.82) is 0 Å². The third kappa shape index (κ3) is 3.37. The van der Waals surface area contributed by atoms with Gasteiger partial charge in [0.25, 0.3) is 0 Å². The van der Waals surface area contributed by atoms with Crippen LogP contribution >= 0.6 is 24.0 Å². The molecule has 0 fully saturated rings. The predicted molar refractivity (Wildman–Crippen MR) is 73.7 cm³/mol. The number of halogens is 1. The largest absolute Gasteiger partial charge is 0.355 e. The van der Waals surface area contributed by atoms with Crippen molar-refractivity contribution >= 4 is 29.9 Å². The molecule has 0 bridgehead atoms. The first kappa shape index (κ1) is 12.3. The molecule has 0 aliphatic carbocycles. The van der Waals surface area contributed by atoms with Crippen LogP contribution in [0.3, 0.4) is 0 Å². The maximum absolute atomic E-state index is 4.27. The number of nitrogens with zero attached hydrogens (tertiary/aromatic N) is 1. The van der Waals surface area contributed by atoms with Crippen LogP contribution in [-0.2, 0) is 6.54 Å². The van der Waals surface area contributed by atoms with Gasteiger partial charge >= 0.3 is 0 Å². The summed E-state index contributed by atoms with van der Waals surface area (Å²) in [5.41, 5.74) is 2.64. The van der Waals surface area contributed by atoms with E-state index in [9.17, 15) is 0 Å². The van der Waals surface area contributed by atoms with Crippen LogP contribution in [0, 0.1) is 6.92 Å². The molecule has 0 unspecified atom stereocenters. The minimum absolute atomic E-state index is 0. The van der Waals surface area contributed by atoms with E-state index in [1.54, 1.807) is 0 Å². The Kier molecular flexibility index (Phi) is 4.87. The molecule has 1 aliphatic rings. The van der Waals surface area contributed by atoms with Gasteiger partial charge in [-0.3, -0.25) is 4.99 Å². The number of hydrogen-bond acceptors (Lipinski definition) is 3. The fourth-order valence-corrected chi connectivity index (χ4v) is 1.50. The number of hydrogen-bond donors (Lipinski definition) is 2. The van der Waals surface area contributed by atoms with Gasteiger partial charge in [0.05, 0.1) is 6.54 Å². The molecule has 82 valence electrons. The molecule has 1 aromatic rings. The molecule has 0 amide bonds. The fraction of sp³-hybridized carbons (Fsp3) is 0.364. The smallest absolute Gasteiger partial charge is 0.191 e. The summed E-state index contributed by atoms with van der Waals surface area (Å²) in [6.45, 7) is 4.81. The Morgan fingerprint density at radius 2 is 2.20 bits per heavy atom. The number of aliphatic imine (C=N–C) groups is 1. The molecule has 2 rings (SSSR count). The van der Waals surface area contributed by atoms with Crippen molar-refractivity contribution in [1.82, 2.24) is 10.6 Å². The summed E-state index contributed by atoms with van der Waals surface area (Å²) < 4.78 is 0. The quantitative estimate of drug-likeness (QED) is 0.814. The van der Waals surface area contributed by atoms with Gasteiger partial charge in [-0.2, -0.15) is 0 Å². The van der Waals surface area contributed by atoms with Gasteiger partial charge in [-0.25, -0.2) is 0 Å². The van der Waals surface area contributed by atoms with E-state index >= 15 is 0 Å². The maximum atomic E-state index is 4.27. The van der Waals surface area contributed by atoms with E-state index in [4.69, 9.17) is 0 Å². The molecular formula is C11H16IN3. The third-order valence-electron chi connectivity index (χ3n) is 2.38. The molecule has 0 atom stereocenters. The van der Waals surface area contributed by atoms with Gasteiger partial charge in [-0.05, 0) is 18.1 Å². The van der Waals surface area contributed by atoms with Crippen molar-refractivity contribution in [2.24, 2.45) is 4.99 Å². The number of rotatable bonds is 2. The summed E-state index contributed by atoms with van der Waals surface area (Å²) in [5, 5.41) is 6.46. The van der Waals surface area contributed by atoms with Crippen molar-refractivity contribution in [3.63, 3.8) is 0 Å². The number of aryl methyl sites for hydroxylation is 1. The maximum Gasteiger partial charge on any atom is 0.191 e. The van der Waals surface area contributed by atoms with Crippen LogP contribution in [0.15, 0.2) is 29.3 Å². The summed E-state index contributed by atoms with van der Waals surface area (Å²) in [6.07, 6.45) is 0. The van der Waals surface area contributed by atoms with E-state index in [0.717, 1.165) is 25.6 Å². The topological polar surface area (TPSA) is 36.4 Å². The molecule has 1 aliphatic heterocycles. The second-order valence-electron chi connectivity index (χ2n) is 3.44. The van der Waals surface area contributed by atoms with Crippen molar-refractivity contribution in [2.75, 3.05) is 13.1 Å². The first-order valence-electron chi connectivity index (χ1n) is 4.93. The SMILES string of the molecule is Cc1ccccc1CNC1=NCCN1.I. The van der Waals surface area contributed by atoms with Crippen LogP contribution in [0.25, 0.3) is 0 Å². The summed E-state index contributed by atoms with van der Waals surface area (Å²) >= 11 is 0. The summed E-state index contributed by atoms with van der Waals surface area (Å²) in [6, 6.07) is 8.39. The molecule has 0 saturated carbocycles. The summed E-state index contributed by atoms with van der Waals surface area (Å²) in [4.78, 5) is 4.27. The zero-order chi connectivity index (χ0) is 9.80. The lowest BCUT2D eigenvalue weighted by Gasteiger charge is -2.08. The standard InChI is InChI=1S/C11H15N3.HI/c1-9-4-2-3-5-10(9)8-14-11-12-6-7-13-11;/h2-5H,6-8H2,1H3,(H2,12,13,14);1H. The lowest BCUT2D eigenvalue weighted by molar-refractivity contribution is 0.861. The zero-order valence-electron chi connectivity index (χ0n) is 8.79. The Bertz CT molecular complexity index is 349. The van der Waals surface area contributed by atoms with E-state index in [-0.39, 0.29) is 24.0 Å². The lowest BCUT2D eigenvalue weighted by Crippen LogP contribution is -2.33.